The van der Waals surface area contributed by atoms with Crippen molar-refractivity contribution in [1.82, 2.24) is 0 Å². The third-order valence-corrected chi connectivity index (χ3v) is 2.38. The van der Waals surface area contributed by atoms with E-state index in [1.54, 1.807) is 0 Å². The predicted molar refractivity (Wildman–Crippen MR) is 81.0 cm³/mol. The fraction of sp³-hybridized carbons (Fsp3) is 0.667. The summed E-state index contributed by atoms with van der Waals surface area (Å²) in [5, 5.41) is 16.3. The summed E-state index contributed by atoms with van der Waals surface area (Å²) in [6.45, 7) is 0. The lowest BCUT2D eigenvalue weighted by Crippen LogP contribution is -2.32. The van der Waals surface area contributed by atoms with Crippen LogP contribution >= 0.6 is 12.4 Å². The summed E-state index contributed by atoms with van der Waals surface area (Å²) >= 11 is 0. The first-order chi connectivity index (χ1) is 10.1. The molecule has 0 rings (SSSR count). The molecule has 2 atom stereocenters. The van der Waals surface area contributed by atoms with Crippen molar-refractivity contribution < 1.29 is 38.9 Å². The van der Waals surface area contributed by atoms with Crippen molar-refractivity contribution in [3.05, 3.63) is 0 Å². The van der Waals surface area contributed by atoms with E-state index in [4.69, 9.17) is 21.7 Å². The second-order valence-corrected chi connectivity index (χ2v) is 4.12. The highest BCUT2D eigenvalue weighted by molar-refractivity contribution is 5.85. The van der Waals surface area contributed by atoms with Gasteiger partial charge in [-0.15, -0.1) is 12.4 Å². The van der Waals surface area contributed by atoms with E-state index in [2.05, 4.69) is 9.47 Å². The average Bonchev–Trinajstić information content (AvgIpc) is 2.49. The molecule has 0 fully saturated rings. The summed E-state index contributed by atoms with van der Waals surface area (Å²) in [7, 11) is 2.53. The van der Waals surface area contributed by atoms with Crippen molar-refractivity contribution in [2.75, 3.05) is 14.2 Å². The molecule has 6 N–H and O–H groups in total. The predicted octanol–water partition coefficient (Wildman–Crippen LogP) is -0.875. The first kappa shape index (κ1) is 26.0. The van der Waals surface area contributed by atoms with Crippen LogP contribution in [0.5, 0.6) is 0 Å². The third kappa shape index (κ3) is 16.3. The largest absolute Gasteiger partial charge is 0.481 e. The summed E-state index contributed by atoms with van der Waals surface area (Å²) in [6.07, 6.45) is 0.157. The number of ether oxygens (including phenoxy) is 2. The number of nitrogens with two attached hydrogens (primary N) is 2. The summed E-state index contributed by atoms with van der Waals surface area (Å²) in [5.74, 6) is -3.09. The lowest BCUT2D eigenvalue weighted by Gasteiger charge is -2.07. The highest BCUT2D eigenvalue weighted by Crippen LogP contribution is 1.97. The molecule has 0 saturated carbocycles. The van der Waals surface area contributed by atoms with Gasteiger partial charge in [0.15, 0.2) is 0 Å². The van der Waals surface area contributed by atoms with Crippen molar-refractivity contribution >= 4 is 36.3 Å². The van der Waals surface area contributed by atoms with Crippen LogP contribution < -0.4 is 11.5 Å². The SMILES string of the molecule is COC(=O)CC[C@H](N)C(=O)OC.Cl.N[C@@H](CCC(=O)O)C(=O)O. The van der Waals surface area contributed by atoms with Gasteiger partial charge in [0.2, 0.25) is 0 Å². The van der Waals surface area contributed by atoms with Crippen LogP contribution in [0.15, 0.2) is 0 Å². The molecule has 0 amide bonds. The lowest BCUT2D eigenvalue weighted by molar-refractivity contribution is -0.144. The zero-order chi connectivity index (χ0) is 17.7. The number of carboxylic acid groups (broad SMARTS) is 2. The molecule has 0 aromatic carbocycles. The van der Waals surface area contributed by atoms with Gasteiger partial charge < -0.3 is 31.2 Å². The minimum atomic E-state index is -1.17. The Balaban J connectivity index is -0.000000338. The van der Waals surface area contributed by atoms with Crippen LogP contribution in [-0.4, -0.2) is 60.4 Å². The van der Waals surface area contributed by atoms with Crippen LogP contribution in [0.25, 0.3) is 0 Å². The highest BCUT2D eigenvalue weighted by atomic mass is 35.5. The van der Waals surface area contributed by atoms with Gasteiger partial charge in [-0.05, 0) is 12.8 Å². The molecular weight excluding hydrogens is 336 g/mol. The molecule has 0 aliphatic heterocycles. The Bertz CT molecular complexity index is 391. The molecule has 0 unspecified atom stereocenters. The maximum Gasteiger partial charge on any atom is 0.322 e. The van der Waals surface area contributed by atoms with E-state index in [1.165, 1.54) is 14.2 Å². The topological polar surface area (TPSA) is 179 Å². The molecule has 0 spiro atoms. The standard InChI is InChI=1S/C7H13NO4.C5H9NO4.ClH/c1-11-6(9)4-3-5(8)7(10)12-2;6-3(5(9)10)1-2-4(7)8;/h5H,3-4,8H2,1-2H3;3H,1-2,6H2,(H,7,8)(H,9,10);1H/t5-;3-;/m00./s1. The van der Waals surface area contributed by atoms with Crippen molar-refractivity contribution in [1.29, 1.82) is 0 Å². The molecule has 0 bridgehead atoms. The van der Waals surface area contributed by atoms with Gasteiger partial charge in [-0.1, -0.05) is 0 Å². The van der Waals surface area contributed by atoms with Gasteiger partial charge in [-0.2, -0.15) is 0 Å². The quantitative estimate of drug-likeness (QED) is 0.398. The van der Waals surface area contributed by atoms with E-state index in [1.807, 2.05) is 0 Å². The highest BCUT2D eigenvalue weighted by Gasteiger charge is 2.15. The van der Waals surface area contributed by atoms with Crippen LogP contribution in [0.3, 0.4) is 0 Å². The Labute approximate surface area is 139 Å². The van der Waals surface area contributed by atoms with Gasteiger partial charge in [0.1, 0.15) is 12.1 Å². The van der Waals surface area contributed by atoms with Crippen LogP contribution in [0.2, 0.25) is 0 Å². The monoisotopic (exact) mass is 358 g/mol. The number of hydrogen-bond donors (Lipinski definition) is 4. The Morgan fingerprint density at radius 3 is 1.74 bits per heavy atom. The fourth-order valence-corrected chi connectivity index (χ4v) is 1.05. The number of rotatable bonds is 8. The van der Waals surface area contributed by atoms with E-state index in [0.29, 0.717) is 0 Å². The Morgan fingerprint density at radius 1 is 0.913 bits per heavy atom. The van der Waals surface area contributed by atoms with E-state index in [9.17, 15) is 19.2 Å². The Hall–Kier alpha value is -1.91. The van der Waals surface area contributed by atoms with Gasteiger partial charge in [-0.3, -0.25) is 19.2 Å². The summed E-state index contributed by atoms with van der Waals surface area (Å²) < 4.78 is 8.73. The van der Waals surface area contributed by atoms with Crippen molar-refractivity contribution in [3.63, 3.8) is 0 Å². The van der Waals surface area contributed by atoms with E-state index < -0.39 is 30.0 Å². The summed E-state index contributed by atoms with van der Waals surface area (Å²) in [6, 6.07) is -1.80. The Morgan fingerprint density at radius 2 is 1.39 bits per heavy atom. The number of carbonyl (C=O) groups excluding carboxylic acids is 2. The number of halogens is 1. The van der Waals surface area contributed by atoms with Crippen molar-refractivity contribution in [2.24, 2.45) is 11.5 Å². The molecular formula is C12H23ClN2O8. The minimum Gasteiger partial charge on any atom is -0.481 e. The zero-order valence-corrected chi connectivity index (χ0v) is 13.7. The smallest absolute Gasteiger partial charge is 0.322 e. The molecule has 136 valence electrons. The molecule has 0 heterocycles. The molecule has 11 heteroatoms. The first-order valence-corrected chi connectivity index (χ1v) is 6.26. The molecule has 0 radical (unpaired) electrons. The van der Waals surface area contributed by atoms with Gasteiger partial charge in [0, 0.05) is 12.8 Å². The zero-order valence-electron chi connectivity index (χ0n) is 12.9. The normalized spacial score (nSPS) is 11.7. The number of aliphatic carboxylic acids is 2. The lowest BCUT2D eigenvalue weighted by atomic mass is 10.2. The number of carboxylic acids is 2. The van der Waals surface area contributed by atoms with Crippen LogP contribution in [0, 0.1) is 0 Å². The van der Waals surface area contributed by atoms with Crippen LogP contribution in [-0.2, 0) is 28.7 Å². The average molecular weight is 359 g/mol. The maximum atomic E-state index is 10.7. The molecule has 0 aromatic rings. The van der Waals surface area contributed by atoms with Gasteiger partial charge >= 0.3 is 23.9 Å². The Kier molecular flexibility index (Phi) is 17.0. The van der Waals surface area contributed by atoms with E-state index in [0.717, 1.165) is 0 Å². The second kappa shape index (κ2) is 15.0. The number of hydrogen-bond acceptors (Lipinski definition) is 8. The van der Waals surface area contributed by atoms with E-state index >= 15 is 0 Å². The van der Waals surface area contributed by atoms with Crippen LogP contribution in [0.4, 0.5) is 0 Å². The maximum absolute atomic E-state index is 10.7. The fourth-order valence-electron chi connectivity index (χ4n) is 1.05. The molecule has 23 heavy (non-hydrogen) atoms. The summed E-state index contributed by atoms with van der Waals surface area (Å²) in [5.41, 5.74) is 10.4. The second-order valence-electron chi connectivity index (χ2n) is 4.12. The number of methoxy groups -OCH3 is 2. The van der Waals surface area contributed by atoms with Gasteiger partial charge in [-0.25, -0.2) is 0 Å². The molecule has 10 nitrogen and oxygen atoms in total. The van der Waals surface area contributed by atoms with Gasteiger partial charge in [0.25, 0.3) is 0 Å². The minimum absolute atomic E-state index is 0. The molecule has 0 aromatic heterocycles. The van der Waals surface area contributed by atoms with Gasteiger partial charge in [0.05, 0.1) is 14.2 Å². The molecule has 0 saturated heterocycles. The van der Waals surface area contributed by atoms with Crippen molar-refractivity contribution in [3.8, 4) is 0 Å². The molecule has 0 aliphatic rings. The van der Waals surface area contributed by atoms with E-state index in [-0.39, 0.29) is 44.1 Å². The number of carbonyl (C=O) groups is 4. The van der Waals surface area contributed by atoms with Crippen LogP contribution in [0.1, 0.15) is 25.7 Å². The third-order valence-electron chi connectivity index (χ3n) is 2.38. The summed E-state index contributed by atoms with van der Waals surface area (Å²) in [4.78, 5) is 41.2. The molecule has 0 aliphatic carbocycles. The van der Waals surface area contributed by atoms with Crippen molar-refractivity contribution in [2.45, 2.75) is 37.8 Å². The number of esters is 2. The first-order valence-electron chi connectivity index (χ1n) is 6.26.